The minimum atomic E-state index is -0.0883. The number of aliphatic hydroxyl groups is 1. The molecule has 2 fully saturated rings. The van der Waals surface area contributed by atoms with Crippen molar-refractivity contribution in [1.29, 1.82) is 0 Å². The van der Waals surface area contributed by atoms with Gasteiger partial charge in [-0.1, -0.05) is 13.0 Å². The van der Waals surface area contributed by atoms with E-state index in [1.807, 2.05) is 12.1 Å². The summed E-state index contributed by atoms with van der Waals surface area (Å²) in [5.74, 6) is 2.49. The number of rotatable bonds is 0. The van der Waals surface area contributed by atoms with E-state index in [0.29, 0.717) is 17.6 Å². The average Bonchev–Trinajstić information content (AvgIpc) is 2.74. The van der Waals surface area contributed by atoms with Gasteiger partial charge in [-0.05, 0) is 85.0 Å². The Kier molecular flexibility index (Phi) is 2.69. The molecular formula is C18H24O2. The van der Waals surface area contributed by atoms with Gasteiger partial charge >= 0.3 is 0 Å². The normalized spacial score (nSPS) is 42.7. The van der Waals surface area contributed by atoms with Crippen LogP contribution in [0.25, 0.3) is 0 Å². The number of fused-ring (bicyclic) bond motifs is 5. The van der Waals surface area contributed by atoms with Crippen molar-refractivity contribution in [2.24, 2.45) is 17.3 Å². The van der Waals surface area contributed by atoms with E-state index < -0.39 is 0 Å². The van der Waals surface area contributed by atoms with Crippen LogP contribution in [0.1, 0.15) is 56.1 Å². The molecule has 5 atom stereocenters. The predicted molar refractivity (Wildman–Crippen MR) is 78.7 cm³/mol. The van der Waals surface area contributed by atoms with Crippen LogP contribution >= 0.6 is 0 Å². The number of aliphatic hydroxyl groups excluding tert-OH is 1. The number of hydrogen-bond acceptors (Lipinski definition) is 2. The van der Waals surface area contributed by atoms with Gasteiger partial charge in [0.15, 0.2) is 0 Å². The van der Waals surface area contributed by atoms with Gasteiger partial charge in [0.25, 0.3) is 0 Å². The van der Waals surface area contributed by atoms with E-state index in [0.717, 1.165) is 25.2 Å². The molecule has 0 unspecified atom stereocenters. The van der Waals surface area contributed by atoms with Gasteiger partial charge < -0.3 is 10.2 Å². The molecule has 2 saturated carbocycles. The van der Waals surface area contributed by atoms with Crippen molar-refractivity contribution < 1.29 is 10.2 Å². The molecule has 0 radical (unpaired) electrons. The molecule has 0 aromatic heterocycles. The van der Waals surface area contributed by atoms with Crippen LogP contribution in [0, 0.1) is 17.3 Å². The summed E-state index contributed by atoms with van der Waals surface area (Å²) < 4.78 is 0. The standard InChI is InChI=1S/C18H24O2/c1-18-9-8-14-13-5-3-12(19)10-11(13)2-4-15(14)16(18)6-7-17(18)20/h3,5,10,14-17,19-20H,2,4,6-9H2,1H3/t14-,15-,16+,17+,18+/m1/s1/i16+2. The topological polar surface area (TPSA) is 40.5 Å². The van der Waals surface area contributed by atoms with E-state index in [1.165, 1.54) is 30.4 Å². The maximum absolute atomic E-state index is 10.4. The second kappa shape index (κ2) is 4.24. The Morgan fingerprint density at radius 2 is 2.10 bits per heavy atom. The van der Waals surface area contributed by atoms with Gasteiger partial charge in [-0.2, -0.15) is 0 Å². The third-order valence-corrected chi connectivity index (χ3v) is 6.66. The van der Waals surface area contributed by atoms with Crippen LogP contribution in [-0.4, -0.2) is 16.3 Å². The highest BCUT2D eigenvalue weighted by molar-refractivity contribution is 5.40. The molecule has 0 aliphatic heterocycles. The highest BCUT2D eigenvalue weighted by Crippen LogP contribution is 2.60. The molecule has 0 saturated heterocycles. The highest BCUT2D eigenvalue weighted by Gasteiger charge is 2.54. The Bertz CT molecular complexity index is 538. The summed E-state index contributed by atoms with van der Waals surface area (Å²) in [6.45, 7) is 2.32. The summed E-state index contributed by atoms with van der Waals surface area (Å²) in [6, 6.07) is 5.96. The monoisotopic (exact) mass is 274 g/mol. The SMILES string of the molecule is C[C@]12CC[C@@H]3c4ccc(O)cc4CC[C@H]3[14C@@H]1CC[C@@H]2O. The van der Waals surface area contributed by atoms with Gasteiger partial charge in [-0.3, -0.25) is 0 Å². The first kappa shape index (κ1) is 12.7. The quantitative estimate of drug-likeness (QED) is 0.758. The minimum absolute atomic E-state index is 0.0883. The fourth-order valence-corrected chi connectivity index (χ4v) is 5.54. The number of benzene rings is 1. The number of phenols is 1. The largest absolute Gasteiger partial charge is 0.508 e. The number of aryl methyl sites for hydroxylation is 1. The summed E-state index contributed by atoms with van der Waals surface area (Å²) in [5.41, 5.74) is 2.99. The highest BCUT2D eigenvalue weighted by atomic mass is 16.3. The first-order chi connectivity index (χ1) is 9.59. The van der Waals surface area contributed by atoms with Crippen molar-refractivity contribution in [2.75, 3.05) is 0 Å². The maximum Gasteiger partial charge on any atom is 0.115 e. The first-order valence-electron chi connectivity index (χ1n) is 8.09. The zero-order chi connectivity index (χ0) is 13.9. The van der Waals surface area contributed by atoms with Gasteiger partial charge in [-0.25, -0.2) is 0 Å². The van der Waals surface area contributed by atoms with Crippen molar-refractivity contribution in [3.05, 3.63) is 29.3 Å². The van der Waals surface area contributed by atoms with E-state index in [-0.39, 0.29) is 11.5 Å². The van der Waals surface area contributed by atoms with Gasteiger partial charge in [0.1, 0.15) is 5.75 Å². The lowest BCUT2D eigenvalue weighted by Crippen LogP contribution is -2.43. The Labute approximate surface area is 120 Å². The zero-order valence-electron chi connectivity index (χ0n) is 12.2. The van der Waals surface area contributed by atoms with Crippen molar-refractivity contribution in [1.82, 2.24) is 0 Å². The van der Waals surface area contributed by atoms with E-state index in [2.05, 4.69) is 13.0 Å². The van der Waals surface area contributed by atoms with Crippen LogP contribution in [-0.2, 0) is 6.42 Å². The molecule has 108 valence electrons. The van der Waals surface area contributed by atoms with E-state index in [9.17, 15) is 10.2 Å². The second-order valence-electron chi connectivity index (χ2n) is 7.44. The molecule has 0 spiro atoms. The Hall–Kier alpha value is -1.02. The van der Waals surface area contributed by atoms with E-state index in [1.54, 1.807) is 0 Å². The Morgan fingerprint density at radius 3 is 2.95 bits per heavy atom. The van der Waals surface area contributed by atoms with Crippen molar-refractivity contribution in [2.45, 2.75) is 57.5 Å². The van der Waals surface area contributed by atoms with Gasteiger partial charge in [0.05, 0.1) is 6.10 Å². The number of aromatic hydroxyl groups is 1. The van der Waals surface area contributed by atoms with Crippen LogP contribution in [0.5, 0.6) is 5.75 Å². The summed E-state index contributed by atoms with van der Waals surface area (Å²) in [7, 11) is 0. The van der Waals surface area contributed by atoms with Crippen LogP contribution in [0.15, 0.2) is 18.2 Å². The molecule has 0 amide bonds. The summed E-state index contributed by atoms with van der Waals surface area (Å²) in [4.78, 5) is 0. The first-order valence-corrected chi connectivity index (χ1v) is 8.09. The molecule has 0 heterocycles. The molecule has 0 bridgehead atoms. The maximum atomic E-state index is 10.4. The fourth-order valence-electron chi connectivity index (χ4n) is 5.54. The smallest absolute Gasteiger partial charge is 0.115 e. The number of hydrogen-bond donors (Lipinski definition) is 2. The molecule has 2 nitrogen and oxygen atoms in total. The molecule has 2 N–H and O–H groups in total. The van der Waals surface area contributed by atoms with Crippen LogP contribution in [0.3, 0.4) is 0 Å². The van der Waals surface area contributed by atoms with Gasteiger partial charge in [0, 0.05) is 0 Å². The summed E-state index contributed by atoms with van der Waals surface area (Å²) in [5, 5.41) is 20.0. The van der Waals surface area contributed by atoms with Crippen LogP contribution < -0.4 is 0 Å². The van der Waals surface area contributed by atoms with Crippen LogP contribution in [0.2, 0.25) is 0 Å². The lowest BCUT2D eigenvalue weighted by atomic mass is 9.70. The third-order valence-electron chi connectivity index (χ3n) is 6.66. The van der Waals surface area contributed by atoms with Crippen molar-refractivity contribution >= 4 is 0 Å². The van der Waals surface area contributed by atoms with Gasteiger partial charge in [-0.15, -0.1) is 0 Å². The minimum Gasteiger partial charge on any atom is -0.508 e. The average molecular weight is 274 g/mol. The van der Waals surface area contributed by atoms with E-state index in [4.69, 9.17) is 0 Å². The molecule has 1 aromatic rings. The number of phenolic OH excluding ortho intramolecular Hbond substituents is 1. The molecular weight excluding hydrogens is 250 g/mol. The Balaban J connectivity index is 1.71. The molecule has 20 heavy (non-hydrogen) atoms. The molecule has 2 heteroatoms. The van der Waals surface area contributed by atoms with Crippen molar-refractivity contribution in [3.63, 3.8) is 0 Å². The summed E-state index contributed by atoms with van der Waals surface area (Å²) in [6.07, 6.45) is 6.78. The van der Waals surface area contributed by atoms with Crippen LogP contribution in [0.4, 0.5) is 0 Å². The molecule has 4 rings (SSSR count). The zero-order valence-corrected chi connectivity index (χ0v) is 12.2. The Morgan fingerprint density at radius 1 is 1.25 bits per heavy atom. The van der Waals surface area contributed by atoms with E-state index >= 15 is 0 Å². The molecule has 1 aromatic carbocycles. The molecule has 3 aliphatic carbocycles. The lowest BCUT2D eigenvalue weighted by Gasteiger charge is -2.50. The molecule has 3 aliphatic rings. The second-order valence-corrected chi connectivity index (χ2v) is 7.44. The predicted octanol–water partition coefficient (Wildman–Crippen LogP) is 3.61. The van der Waals surface area contributed by atoms with Gasteiger partial charge in [0.2, 0.25) is 0 Å². The lowest BCUT2D eigenvalue weighted by molar-refractivity contribution is -0.0226. The third kappa shape index (κ3) is 1.60. The summed E-state index contributed by atoms with van der Waals surface area (Å²) >= 11 is 0. The van der Waals surface area contributed by atoms with Crippen molar-refractivity contribution in [3.8, 4) is 5.75 Å². The fraction of sp³-hybridized carbons (Fsp3) is 0.667.